The van der Waals surface area contributed by atoms with Gasteiger partial charge in [-0.25, -0.2) is 10.6 Å². The average Bonchev–Trinajstić information content (AvgIpc) is 2.50. The molecule has 12 heavy (non-hydrogen) atoms. The quantitative estimate of drug-likeness (QED) is 0.272. The van der Waals surface area contributed by atoms with Gasteiger partial charge in [-0.3, -0.25) is 15.1 Å². The summed E-state index contributed by atoms with van der Waals surface area (Å²) in [5, 5.41) is 8.63. The number of carbonyl (C=O) groups excluding carboxylic acids is 1. The Labute approximate surface area is 69.3 Å². The van der Waals surface area contributed by atoms with Gasteiger partial charge in [0, 0.05) is 6.54 Å². The number of nitrogens with two attached hydrogens (primary N) is 1. The Kier molecular flexibility index (Phi) is 2.49. The van der Waals surface area contributed by atoms with Crippen LogP contribution in [0.4, 0.5) is 4.79 Å². The molecule has 2 amide bonds. The van der Waals surface area contributed by atoms with Crippen molar-refractivity contribution in [2.75, 3.05) is 6.54 Å². The number of nitrogens with zero attached hydrogens (tertiary/aromatic N) is 1. The fourth-order valence-corrected chi connectivity index (χ4v) is 1.36. The van der Waals surface area contributed by atoms with E-state index in [1.54, 1.807) is 0 Å². The highest BCUT2D eigenvalue weighted by molar-refractivity contribution is 5.85. The molecule has 1 fully saturated rings. The van der Waals surface area contributed by atoms with Crippen LogP contribution in [0.15, 0.2) is 0 Å². The average molecular weight is 173 g/mol. The van der Waals surface area contributed by atoms with Gasteiger partial charge < -0.3 is 5.11 Å². The van der Waals surface area contributed by atoms with Crippen LogP contribution in [0, 0.1) is 0 Å². The summed E-state index contributed by atoms with van der Waals surface area (Å²) < 4.78 is 0. The number of rotatable bonds is 1. The highest BCUT2D eigenvalue weighted by Crippen LogP contribution is 2.16. The van der Waals surface area contributed by atoms with Gasteiger partial charge in [0.2, 0.25) is 0 Å². The minimum absolute atomic E-state index is 0.410. The lowest BCUT2D eigenvalue weighted by molar-refractivity contribution is -0.125. The van der Waals surface area contributed by atoms with Gasteiger partial charge in [-0.15, -0.1) is 0 Å². The topological polar surface area (TPSA) is 95.7 Å². The van der Waals surface area contributed by atoms with Crippen LogP contribution in [0.2, 0.25) is 0 Å². The van der Waals surface area contributed by atoms with Gasteiger partial charge in [-0.05, 0) is 12.8 Å². The maximum Gasteiger partial charge on any atom is 0.407 e. The van der Waals surface area contributed by atoms with E-state index in [4.69, 9.17) is 10.9 Å². The third kappa shape index (κ3) is 1.48. The maximum absolute atomic E-state index is 11.0. The van der Waals surface area contributed by atoms with Crippen molar-refractivity contribution < 1.29 is 14.7 Å². The van der Waals surface area contributed by atoms with Crippen molar-refractivity contribution in [1.29, 1.82) is 0 Å². The summed E-state index contributed by atoms with van der Waals surface area (Å²) in [6.07, 6.45) is 0.195. The minimum Gasteiger partial charge on any atom is -0.465 e. The van der Waals surface area contributed by atoms with Crippen molar-refractivity contribution in [1.82, 2.24) is 10.3 Å². The van der Waals surface area contributed by atoms with E-state index in [-0.39, 0.29) is 0 Å². The molecule has 6 nitrogen and oxygen atoms in total. The van der Waals surface area contributed by atoms with E-state index in [9.17, 15) is 9.59 Å². The van der Waals surface area contributed by atoms with Crippen LogP contribution in [0.1, 0.15) is 12.8 Å². The third-order valence-corrected chi connectivity index (χ3v) is 1.94. The van der Waals surface area contributed by atoms with Crippen LogP contribution in [0.25, 0.3) is 0 Å². The molecule has 0 saturated carbocycles. The molecule has 0 radical (unpaired) electrons. The zero-order valence-corrected chi connectivity index (χ0v) is 6.49. The number of nitrogens with one attached hydrogen (secondary N) is 1. The van der Waals surface area contributed by atoms with Crippen LogP contribution in [0.3, 0.4) is 0 Å². The van der Waals surface area contributed by atoms with Gasteiger partial charge in [0.1, 0.15) is 6.04 Å². The first-order valence-corrected chi connectivity index (χ1v) is 3.67. The molecule has 0 aliphatic carbocycles. The van der Waals surface area contributed by atoms with Crippen molar-refractivity contribution in [3.8, 4) is 0 Å². The molecule has 0 spiro atoms. The van der Waals surface area contributed by atoms with Crippen molar-refractivity contribution >= 4 is 12.0 Å². The molecule has 0 aromatic heterocycles. The number of amides is 2. The van der Waals surface area contributed by atoms with Crippen LogP contribution in [-0.4, -0.2) is 34.6 Å². The summed E-state index contributed by atoms with van der Waals surface area (Å²) in [5.74, 6) is 4.46. The van der Waals surface area contributed by atoms with Crippen LogP contribution in [0.5, 0.6) is 0 Å². The van der Waals surface area contributed by atoms with Gasteiger partial charge in [0.05, 0.1) is 0 Å². The molecular weight excluding hydrogens is 162 g/mol. The van der Waals surface area contributed by atoms with Crippen molar-refractivity contribution in [2.45, 2.75) is 18.9 Å². The van der Waals surface area contributed by atoms with E-state index >= 15 is 0 Å². The fourth-order valence-electron chi connectivity index (χ4n) is 1.36. The van der Waals surface area contributed by atoms with E-state index < -0.39 is 18.0 Å². The smallest absolute Gasteiger partial charge is 0.407 e. The first kappa shape index (κ1) is 8.79. The number of carboxylic acid groups (broad SMARTS) is 1. The number of hydrogen-bond donors (Lipinski definition) is 3. The van der Waals surface area contributed by atoms with Gasteiger partial charge in [-0.2, -0.15) is 0 Å². The van der Waals surface area contributed by atoms with E-state index in [1.807, 2.05) is 5.43 Å². The highest BCUT2D eigenvalue weighted by Gasteiger charge is 2.33. The summed E-state index contributed by atoms with van der Waals surface area (Å²) in [6, 6.07) is -0.604. The molecule has 1 atom stereocenters. The Morgan fingerprint density at radius 2 is 2.25 bits per heavy atom. The number of likely N-dealkylation sites (tertiary alicyclic amines) is 1. The van der Waals surface area contributed by atoms with E-state index in [1.165, 1.54) is 0 Å². The molecule has 1 aliphatic rings. The summed E-state index contributed by atoms with van der Waals surface area (Å²) in [6.45, 7) is 0.410. The predicted octanol–water partition coefficient (Wildman–Crippen LogP) is -0.881. The molecule has 0 bridgehead atoms. The van der Waals surface area contributed by atoms with Crippen molar-refractivity contribution in [3.63, 3.8) is 0 Å². The third-order valence-electron chi connectivity index (χ3n) is 1.94. The zero-order valence-electron chi connectivity index (χ0n) is 6.49. The van der Waals surface area contributed by atoms with Crippen molar-refractivity contribution in [2.24, 2.45) is 5.84 Å². The molecule has 6 heteroatoms. The Hall–Kier alpha value is -1.30. The van der Waals surface area contributed by atoms with Gasteiger partial charge >= 0.3 is 6.09 Å². The SMILES string of the molecule is NNC(=O)C1CCCN1C(=O)O. The standard InChI is InChI=1S/C6H11N3O3/c7-8-5(10)4-2-1-3-9(4)6(11)12/h4H,1-3,7H2,(H,8,10)(H,11,12). The lowest BCUT2D eigenvalue weighted by Gasteiger charge is -2.19. The molecule has 1 unspecified atom stereocenters. The minimum atomic E-state index is -1.07. The molecule has 1 heterocycles. The predicted molar refractivity (Wildman–Crippen MR) is 40.1 cm³/mol. The second-order valence-electron chi connectivity index (χ2n) is 2.64. The van der Waals surface area contributed by atoms with Crippen LogP contribution in [-0.2, 0) is 4.79 Å². The lowest BCUT2D eigenvalue weighted by Crippen LogP contribution is -2.47. The highest BCUT2D eigenvalue weighted by atomic mass is 16.4. The van der Waals surface area contributed by atoms with E-state index in [2.05, 4.69) is 0 Å². The van der Waals surface area contributed by atoms with Gasteiger partial charge in [0.15, 0.2) is 0 Å². The Bertz CT molecular complexity index is 206. The largest absolute Gasteiger partial charge is 0.465 e. The molecule has 1 aliphatic heterocycles. The first-order valence-electron chi connectivity index (χ1n) is 3.67. The number of hydrogen-bond acceptors (Lipinski definition) is 3. The first-order chi connectivity index (χ1) is 5.66. The monoisotopic (exact) mass is 173 g/mol. The molecule has 4 N–H and O–H groups in total. The van der Waals surface area contributed by atoms with E-state index in [0.29, 0.717) is 19.4 Å². The zero-order chi connectivity index (χ0) is 9.14. The Morgan fingerprint density at radius 3 is 2.75 bits per heavy atom. The second kappa shape index (κ2) is 3.40. The molecule has 68 valence electrons. The fraction of sp³-hybridized carbons (Fsp3) is 0.667. The number of hydrazine groups is 1. The molecule has 1 saturated heterocycles. The Balaban J connectivity index is 2.63. The van der Waals surface area contributed by atoms with Gasteiger partial charge in [0.25, 0.3) is 5.91 Å². The lowest BCUT2D eigenvalue weighted by atomic mass is 10.2. The molecular formula is C6H11N3O3. The molecule has 0 aromatic rings. The normalized spacial score (nSPS) is 22.4. The van der Waals surface area contributed by atoms with Gasteiger partial charge in [-0.1, -0.05) is 0 Å². The summed E-state index contributed by atoms with van der Waals surface area (Å²) >= 11 is 0. The summed E-state index contributed by atoms with van der Waals surface area (Å²) in [7, 11) is 0. The maximum atomic E-state index is 11.0. The molecule has 1 rings (SSSR count). The van der Waals surface area contributed by atoms with Crippen molar-refractivity contribution in [3.05, 3.63) is 0 Å². The van der Waals surface area contributed by atoms with Crippen LogP contribution < -0.4 is 11.3 Å². The number of carbonyl (C=O) groups is 2. The van der Waals surface area contributed by atoms with E-state index in [0.717, 1.165) is 4.90 Å². The molecule has 0 aromatic carbocycles. The summed E-state index contributed by atoms with van der Waals surface area (Å²) in [5.41, 5.74) is 1.95. The van der Waals surface area contributed by atoms with Crippen LogP contribution >= 0.6 is 0 Å². The Morgan fingerprint density at radius 1 is 1.58 bits per heavy atom. The second-order valence-corrected chi connectivity index (χ2v) is 2.64. The summed E-state index contributed by atoms with van der Waals surface area (Å²) in [4.78, 5) is 22.6.